The van der Waals surface area contributed by atoms with Gasteiger partial charge in [-0.3, -0.25) is 4.79 Å². The zero-order chi connectivity index (χ0) is 8.54. The first-order valence-corrected chi connectivity index (χ1v) is 4.01. The molecule has 0 aromatic heterocycles. The van der Waals surface area contributed by atoms with Crippen LogP contribution in [0, 0.1) is 5.41 Å². The molecular weight excluding hydrogens is 140 g/mol. The number of hydrogen-bond donors (Lipinski definition) is 0. The van der Waals surface area contributed by atoms with E-state index in [0.29, 0.717) is 6.61 Å². The molecule has 0 saturated heterocycles. The molecule has 0 aliphatic heterocycles. The second kappa shape index (κ2) is 2.59. The Morgan fingerprint density at radius 2 is 2.00 bits per heavy atom. The molecule has 0 unspecified atom stereocenters. The second-order valence-electron chi connectivity index (χ2n) is 4.45. The molecule has 0 N–H and O–H groups in total. The van der Waals surface area contributed by atoms with Crippen LogP contribution in [0.25, 0.3) is 0 Å². The van der Waals surface area contributed by atoms with Crippen LogP contribution in [0.5, 0.6) is 0 Å². The van der Waals surface area contributed by atoms with Crippen molar-refractivity contribution in [1.82, 2.24) is 0 Å². The summed E-state index contributed by atoms with van der Waals surface area (Å²) in [4.78, 5) is 10.4. The summed E-state index contributed by atoms with van der Waals surface area (Å²) >= 11 is 0. The summed E-state index contributed by atoms with van der Waals surface area (Å²) in [6.45, 7) is 6.91. The zero-order valence-corrected chi connectivity index (χ0v) is 7.44. The third-order valence-corrected chi connectivity index (χ3v) is 1.67. The van der Waals surface area contributed by atoms with Crippen LogP contribution in [0.2, 0.25) is 0 Å². The Kier molecular flexibility index (Phi) is 2.06. The molecule has 0 bridgehead atoms. The van der Waals surface area contributed by atoms with E-state index >= 15 is 0 Å². The maximum Gasteiger partial charge on any atom is 0.233 e. The molecule has 0 spiro atoms. The van der Waals surface area contributed by atoms with Gasteiger partial charge in [0.1, 0.15) is 5.60 Å². The van der Waals surface area contributed by atoms with Crippen LogP contribution >= 0.6 is 0 Å². The lowest BCUT2D eigenvalue weighted by Gasteiger charge is -2.20. The van der Waals surface area contributed by atoms with Gasteiger partial charge >= 0.3 is 0 Å². The zero-order valence-electron chi connectivity index (χ0n) is 7.44. The maximum atomic E-state index is 10.4. The number of ether oxygens (including phenoxy) is 1. The topological polar surface area (TPSA) is 26.3 Å². The van der Waals surface area contributed by atoms with E-state index in [1.54, 1.807) is 0 Å². The molecule has 1 aliphatic carbocycles. The highest BCUT2D eigenvalue weighted by atomic mass is 16.5. The third-order valence-electron chi connectivity index (χ3n) is 1.67. The molecule has 1 aliphatic rings. The Morgan fingerprint density at radius 3 is 2.27 bits per heavy atom. The lowest BCUT2D eigenvalue weighted by molar-refractivity contribution is 0.0278. The van der Waals surface area contributed by atoms with E-state index in [1.165, 1.54) is 0 Å². The van der Waals surface area contributed by atoms with Crippen LogP contribution < -0.4 is 0 Å². The molecule has 2 heteroatoms. The predicted octanol–water partition coefficient (Wildman–Crippen LogP) is 1.69. The first-order chi connectivity index (χ1) is 4.97. The van der Waals surface area contributed by atoms with Gasteiger partial charge in [0.2, 0.25) is 6.29 Å². The molecule has 11 heavy (non-hydrogen) atoms. The van der Waals surface area contributed by atoms with E-state index in [0.717, 1.165) is 12.8 Å². The average Bonchev–Trinajstić information content (AvgIpc) is 2.63. The predicted molar refractivity (Wildman–Crippen MR) is 43.1 cm³/mol. The van der Waals surface area contributed by atoms with Crippen molar-refractivity contribution in [3.8, 4) is 0 Å². The van der Waals surface area contributed by atoms with Crippen molar-refractivity contribution in [2.24, 2.45) is 5.41 Å². The summed E-state index contributed by atoms with van der Waals surface area (Å²) < 4.78 is 5.43. The van der Waals surface area contributed by atoms with Crippen LogP contribution in [0.15, 0.2) is 0 Å². The van der Waals surface area contributed by atoms with Crippen LogP contribution in [0.4, 0.5) is 0 Å². The van der Waals surface area contributed by atoms with Gasteiger partial charge in [-0.2, -0.15) is 0 Å². The highest BCUT2D eigenvalue weighted by Crippen LogP contribution is 2.38. The second-order valence-corrected chi connectivity index (χ2v) is 4.45. The van der Waals surface area contributed by atoms with E-state index in [2.05, 4.69) is 20.8 Å². The fourth-order valence-electron chi connectivity index (χ4n) is 0.744. The fraction of sp³-hybridized carbons (Fsp3) is 0.889. The third kappa shape index (κ3) is 2.62. The molecule has 63 valence electrons. The summed E-state index contributed by atoms with van der Waals surface area (Å²) in [5.41, 5.74) is -0.361. The molecule has 1 radical (unpaired) electrons. The Morgan fingerprint density at radius 1 is 1.45 bits per heavy atom. The number of hydrogen-bond acceptors (Lipinski definition) is 2. The van der Waals surface area contributed by atoms with Crippen LogP contribution in [0.1, 0.15) is 33.6 Å². The van der Waals surface area contributed by atoms with Crippen molar-refractivity contribution in [2.75, 3.05) is 6.61 Å². The van der Waals surface area contributed by atoms with Crippen molar-refractivity contribution in [3.63, 3.8) is 0 Å². The van der Waals surface area contributed by atoms with Gasteiger partial charge in [0.05, 0.1) is 6.61 Å². The van der Waals surface area contributed by atoms with Gasteiger partial charge in [0.15, 0.2) is 0 Å². The summed E-state index contributed by atoms with van der Waals surface area (Å²) in [6, 6.07) is 0. The Bertz CT molecular complexity index is 151. The minimum absolute atomic E-state index is 0.145. The minimum Gasteiger partial charge on any atom is -0.366 e. The van der Waals surface area contributed by atoms with Crippen LogP contribution in [0.3, 0.4) is 0 Å². The molecular formula is C9H15O2. The van der Waals surface area contributed by atoms with Gasteiger partial charge in [0, 0.05) is 0 Å². The van der Waals surface area contributed by atoms with Crippen molar-refractivity contribution < 1.29 is 9.53 Å². The minimum atomic E-state index is -0.507. The number of carbonyl (C=O) groups excluding carboxylic acids is 1. The molecule has 0 aromatic carbocycles. The Labute approximate surface area is 67.9 Å². The van der Waals surface area contributed by atoms with E-state index < -0.39 is 5.60 Å². The van der Waals surface area contributed by atoms with Crippen LogP contribution in [-0.4, -0.2) is 18.5 Å². The molecule has 0 heterocycles. The van der Waals surface area contributed by atoms with Gasteiger partial charge in [0.25, 0.3) is 0 Å². The summed E-state index contributed by atoms with van der Waals surface area (Å²) in [6.07, 6.45) is 3.66. The normalized spacial score (nSPS) is 21.4. The summed E-state index contributed by atoms with van der Waals surface area (Å²) in [5.74, 6) is 0. The van der Waals surface area contributed by atoms with Gasteiger partial charge in [-0.15, -0.1) is 0 Å². The molecule has 1 fully saturated rings. The van der Waals surface area contributed by atoms with Gasteiger partial charge < -0.3 is 4.74 Å². The highest BCUT2D eigenvalue weighted by Gasteiger charge is 2.45. The Hall–Kier alpha value is -0.370. The van der Waals surface area contributed by atoms with Crippen molar-refractivity contribution >= 4 is 6.29 Å². The van der Waals surface area contributed by atoms with E-state index in [4.69, 9.17) is 4.74 Å². The molecule has 0 atom stereocenters. The Balaban J connectivity index is 2.27. The van der Waals surface area contributed by atoms with Crippen LogP contribution in [-0.2, 0) is 9.53 Å². The quantitative estimate of drug-likeness (QED) is 0.620. The maximum absolute atomic E-state index is 10.4. The fourth-order valence-corrected chi connectivity index (χ4v) is 0.744. The monoisotopic (exact) mass is 155 g/mol. The molecule has 2 nitrogen and oxygen atoms in total. The van der Waals surface area contributed by atoms with Crippen molar-refractivity contribution in [1.29, 1.82) is 0 Å². The molecule has 0 amide bonds. The van der Waals surface area contributed by atoms with Gasteiger partial charge in [-0.05, 0) is 18.3 Å². The average molecular weight is 155 g/mol. The molecule has 0 aromatic rings. The summed E-state index contributed by atoms with van der Waals surface area (Å²) in [5, 5.41) is 0. The van der Waals surface area contributed by atoms with Crippen molar-refractivity contribution in [2.45, 2.75) is 39.2 Å². The molecule has 1 rings (SSSR count). The lowest BCUT2D eigenvalue weighted by atomic mass is 9.98. The largest absolute Gasteiger partial charge is 0.366 e. The van der Waals surface area contributed by atoms with Crippen molar-refractivity contribution in [3.05, 3.63) is 0 Å². The van der Waals surface area contributed by atoms with E-state index in [-0.39, 0.29) is 5.41 Å². The lowest BCUT2D eigenvalue weighted by Crippen LogP contribution is -2.23. The van der Waals surface area contributed by atoms with Gasteiger partial charge in [-0.25, -0.2) is 0 Å². The van der Waals surface area contributed by atoms with E-state index in [9.17, 15) is 4.79 Å². The smallest absolute Gasteiger partial charge is 0.233 e. The standard InChI is InChI=1S/C9H15O2/c1-8(2,3)7-11-9(6-10)4-5-9/h4-5,7H2,1-3H3. The first kappa shape index (κ1) is 8.72. The highest BCUT2D eigenvalue weighted by molar-refractivity contribution is 5.67. The SMILES string of the molecule is CC(C)(C)COC1([C]=O)CC1. The van der Waals surface area contributed by atoms with Gasteiger partial charge in [-0.1, -0.05) is 20.8 Å². The first-order valence-electron chi connectivity index (χ1n) is 4.01. The van der Waals surface area contributed by atoms with E-state index in [1.807, 2.05) is 6.29 Å². The molecule has 1 saturated carbocycles. The number of rotatable bonds is 3. The summed E-state index contributed by atoms with van der Waals surface area (Å²) in [7, 11) is 0.